The summed E-state index contributed by atoms with van der Waals surface area (Å²) in [6.45, 7) is 4.24. The summed E-state index contributed by atoms with van der Waals surface area (Å²) >= 11 is 5.91. The van der Waals surface area contributed by atoms with Crippen molar-refractivity contribution in [3.05, 3.63) is 47.5 Å². The first-order chi connectivity index (χ1) is 16.0. The Morgan fingerprint density at radius 1 is 1.27 bits per heavy atom. The molecule has 0 amide bonds. The first-order valence-corrected chi connectivity index (χ1v) is 11.4. The Labute approximate surface area is 197 Å². The molecule has 0 unspecified atom stereocenters. The van der Waals surface area contributed by atoms with Crippen LogP contribution >= 0.6 is 11.6 Å². The van der Waals surface area contributed by atoms with Gasteiger partial charge in [0.25, 0.3) is 0 Å². The third kappa shape index (κ3) is 5.46. The molecule has 4 rings (SSSR count). The maximum atomic E-state index is 13.5. The molecule has 33 heavy (non-hydrogen) atoms. The van der Waals surface area contributed by atoms with Crippen LogP contribution in [0.25, 0.3) is 10.9 Å². The van der Waals surface area contributed by atoms with Crippen molar-refractivity contribution >= 4 is 34.0 Å². The molecule has 1 saturated heterocycles. The van der Waals surface area contributed by atoms with Gasteiger partial charge in [0.05, 0.1) is 30.4 Å². The number of likely N-dealkylation sites (tertiary alicyclic amines) is 1. The average Bonchev–Trinajstić information content (AvgIpc) is 3.28. The predicted octanol–water partition coefficient (Wildman–Crippen LogP) is 4.79. The Morgan fingerprint density at radius 3 is 2.88 bits per heavy atom. The Hall–Kier alpha value is -2.68. The van der Waals surface area contributed by atoms with E-state index in [-0.39, 0.29) is 17.2 Å². The number of aliphatic hydroxyl groups excluding tert-OH is 1. The first kappa shape index (κ1) is 23.5. The molecule has 1 fully saturated rings. The highest BCUT2D eigenvalue weighted by Crippen LogP contribution is 2.35. The number of aliphatic hydroxyl groups is 1. The van der Waals surface area contributed by atoms with E-state index in [1.54, 1.807) is 19.2 Å². The lowest BCUT2D eigenvalue weighted by atomic mass is 10.1. The summed E-state index contributed by atoms with van der Waals surface area (Å²) in [6, 6.07) is 8.27. The summed E-state index contributed by atoms with van der Waals surface area (Å²) in [5.41, 5.74) is 1.29. The minimum absolute atomic E-state index is 0.0277. The Bertz CT molecular complexity index is 1110. The highest BCUT2D eigenvalue weighted by molar-refractivity contribution is 6.31. The topological polar surface area (TPSA) is 79.7 Å². The van der Waals surface area contributed by atoms with E-state index in [9.17, 15) is 9.50 Å². The molecule has 0 radical (unpaired) electrons. The minimum Gasteiger partial charge on any atom is -0.493 e. The lowest BCUT2D eigenvalue weighted by Crippen LogP contribution is -2.38. The van der Waals surface area contributed by atoms with Gasteiger partial charge in [0, 0.05) is 29.7 Å². The van der Waals surface area contributed by atoms with Crippen molar-refractivity contribution in [2.24, 2.45) is 0 Å². The molecule has 7 nitrogen and oxygen atoms in total. The molecule has 2 heterocycles. The summed E-state index contributed by atoms with van der Waals surface area (Å²) < 4.78 is 25.1. The molecule has 3 aromatic rings. The van der Waals surface area contributed by atoms with Gasteiger partial charge in [-0.3, -0.25) is 4.90 Å². The van der Waals surface area contributed by atoms with E-state index in [0.717, 1.165) is 37.7 Å². The smallest absolute Gasteiger partial charge is 0.162 e. The number of nitrogens with one attached hydrogen (secondary N) is 1. The molecule has 2 atom stereocenters. The SMILES string of the molecule is COc1cc2ncnc(Nc3ccc(F)c(Cl)c3)c2cc1OCCCN1CCC[C@H]1[C@H](C)O. The van der Waals surface area contributed by atoms with E-state index in [0.29, 0.717) is 35.1 Å². The van der Waals surface area contributed by atoms with Gasteiger partial charge < -0.3 is 19.9 Å². The van der Waals surface area contributed by atoms with Crippen molar-refractivity contribution in [2.75, 3.05) is 32.1 Å². The number of anilines is 2. The number of benzene rings is 2. The third-order valence-electron chi connectivity index (χ3n) is 5.92. The molecule has 0 bridgehead atoms. The monoisotopic (exact) mass is 474 g/mol. The van der Waals surface area contributed by atoms with Crippen molar-refractivity contribution in [3.63, 3.8) is 0 Å². The zero-order valence-electron chi connectivity index (χ0n) is 18.7. The molecule has 2 aromatic carbocycles. The van der Waals surface area contributed by atoms with E-state index in [2.05, 4.69) is 20.2 Å². The summed E-state index contributed by atoms with van der Waals surface area (Å²) in [7, 11) is 1.59. The van der Waals surface area contributed by atoms with Gasteiger partial charge >= 0.3 is 0 Å². The summed E-state index contributed by atoms with van der Waals surface area (Å²) in [4.78, 5) is 11.0. The standard InChI is InChI=1S/C24H28ClFN4O3/c1-15(31)21-5-3-8-30(21)9-4-10-33-23-12-17-20(13-22(23)32-2)27-14-28-24(17)29-16-6-7-19(26)18(25)11-16/h6-7,11-15,21,31H,3-5,8-10H2,1-2H3,(H,27,28,29)/t15-,21-/m0/s1. The van der Waals surface area contributed by atoms with E-state index in [4.69, 9.17) is 21.1 Å². The van der Waals surface area contributed by atoms with Crippen LogP contribution in [0.2, 0.25) is 5.02 Å². The van der Waals surface area contributed by atoms with E-state index in [1.807, 2.05) is 13.0 Å². The number of aromatic nitrogens is 2. The van der Waals surface area contributed by atoms with E-state index in [1.165, 1.54) is 18.5 Å². The van der Waals surface area contributed by atoms with Gasteiger partial charge in [-0.05, 0) is 57.0 Å². The normalized spacial score (nSPS) is 17.3. The fraction of sp³-hybridized carbons (Fsp3) is 0.417. The highest BCUT2D eigenvalue weighted by atomic mass is 35.5. The van der Waals surface area contributed by atoms with Crippen LogP contribution in [0.4, 0.5) is 15.9 Å². The second-order valence-electron chi connectivity index (χ2n) is 8.18. The molecule has 176 valence electrons. The zero-order chi connectivity index (χ0) is 23.4. The van der Waals surface area contributed by atoms with Crippen LogP contribution in [0.15, 0.2) is 36.7 Å². The van der Waals surface area contributed by atoms with E-state index >= 15 is 0 Å². The number of nitrogens with zero attached hydrogens (tertiary/aromatic N) is 3. The first-order valence-electron chi connectivity index (χ1n) is 11.1. The number of hydrogen-bond donors (Lipinski definition) is 2. The molecular formula is C24H28ClFN4O3. The fourth-order valence-corrected chi connectivity index (χ4v) is 4.45. The number of rotatable bonds is 9. The largest absolute Gasteiger partial charge is 0.493 e. The van der Waals surface area contributed by atoms with Crippen molar-refractivity contribution in [1.82, 2.24) is 14.9 Å². The van der Waals surface area contributed by atoms with Crippen molar-refractivity contribution < 1.29 is 19.0 Å². The minimum atomic E-state index is -0.483. The number of methoxy groups -OCH3 is 1. The van der Waals surface area contributed by atoms with Crippen LogP contribution in [0.3, 0.4) is 0 Å². The molecule has 0 aliphatic carbocycles. The Kier molecular flexibility index (Phi) is 7.47. The van der Waals surface area contributed by atoms with Crippen LogP contribution in [-0.2, 0) is 0 Å². The molecule has 1 aromatic heterocycles. The number of hydrogen-bond acceptors (Lipinski definition) is 7. The van der Waals surface area contributed by atoms with Crippen molar-refractivity contribution in [2.45, 2.75) is 38.3 Å². The van der Waals surface area contributed by atoms with Crippen LogP contribution in [-0.4, -0.2) is 58.9 Å². The van der Waals surface area contributed by atoms with Gasteiger partial charge in [0.2, 0.25) is 0 Å². The second kappa shape index (κ2) is 10.5. The average molecular weight is 475 g/mol. The molecular weight excluding hydrogens is 447 g/mol. The zero-order valence-corrected chi connectivity index (χ0v) is 19.5. The predicted molar refractivity (Wildman–Crippen MR) is 127 cm³/mol. The lowest BCUT2D eigenvalue weighted by molar-refractivity contribution is 0.0833. The molecule has 0 saturated carbocycles. The van der Waals surface area contributed by atoms with Gasteiger partial charge in [-0.2, -0.15) is 0 Å². The number of halogens is 2. The molecule has 0 spiro atoms. The van der Waals surface area contributed by atoms with E-state index < -0.39 is 5.82 Å². The molecule has 2 N–H and O–H groups in total. The maximum Gasteiger partial charge on any atom is 0.162 e. The Morgan fingerprint density at radius 2 is 2.12 bits per heavy atom. The van der Waals surface area contributed by atoms with Crippen LogP contribution in [0.5, 0.6) is 11.5 Å². The van der Waals surface area contributed by atoms with Gasteiger partial charge in [-0.1, -0.05) is 11.6 Å². The van der Waals surface area contributed by atoms with Crippen LogP contribution in [0.1, 0.15) is 26.2 Å². The fourth-order valence-electron chi connectivity index (χ4n) is 4.27. The molecule has 1 aliphatic rings. The van der Waals surface area contributed by atoms with Crippen LogP contribution in [0, 0.1) is 5.82 Å². The number of ether oxygens (including phenoxy) is 2. The van der Waals surface area contributed by atoms with Gasteiger partial charge in [0.15, 0.2) is 11.5 Å². The van der Waals surface area contributed by atoms with Crippen LogP contribution < -0.4 is 14.8 Å². The maximum absolute atomic E-state index is 13.5. The summed E-state index contributed by atoms with van der Waals surface area (Å²) in [5, 5.41) is 13.9. The number of fused-ring (bicyclic) bond motifs is 1. The third-order valence-corrected chi connectivity index (χ3v) is 6.21. The lowest BCUT2D eigenvalue weighted by Gasteiger charge is -2.26. The van der Waals surface area contributed by atoms with Crippen molar-refractivity contribution in [3.8, 4) is 11.5 Å². The van der Waals surface area contributed by atoms with Gasteiger partial charge in [0.1, 0.15) is 18.0 Å². The quantitative estimate of drug-likeness (QED) is 0.431. The van der Waals surface area contributed by atoms with Gasteiger partial charge in [-0.15, -0.1) is 0 Å². The Balaban J connectivity index is 1.49. The highest BCUT2D eigenvalue weighted by Gasteiger charge is 2.27. The van der Waals surface area contributed by atoms with Crippen molar-refractivity contribution in [1.29, 1.82) is 0 Å². The summed E-state index contributed by atoms with van der Waals surface area (Å²) in [5.74, 6) is 1.24. The summed E-state index contributed by atoms with van der Waals surface area (Å²) in [6.07, 6.45) is 4.10. The van der Waals surface area contributed by atoms with Gasteiger partial charge in [-0.25, -0.2) is 14.4 Å². The molecule has 1 aliphatic heterocycles. The molecule has 9 heteroatoms. The second-order valence-corrected chi connectivity index (χ2v) is 8.59.